The van der Waals surface area contributed by atoms with E-state index >= 15 is 0 Å². The second-order valence-electron chi connectivity index (χ2n) is 11.5. The first kappa shape index (κ1) is 30.2. The van der Waals surface area contributed by atoms with Crippen LogP contribution in [0.25, 0.3) is 34.0 Å². The molecule has 0 fully saturated rings. The number of hydrogen-bond donors (Lipinski definition) is 1. The molecule has 0 spiro atoms. The fourth-order valence-corrected chi connectivity index (χ4v) is 4.83. The van der Waals surface area contributed by atoms with E-state index in [1.165, 1.54) is 0 Å². The van der Waals surface area contributed by atoms with Gasteiger partial charge in [0.15, 0.2) is 11.5 Å². The molecule has 8 heteroatoms. The number of nitrogens with one attached hydrogen (secondary N) is 1. The summed E-state index contributed by atoms with van der Waals surface area (Å²) in [5.41, 5.74) is 6.11. The van der Waals surface area contributed by atoms with Crippen LogP contribution in [0.3, 0.4) is 0 Å². The summed E-state index contributed by atoms with van der Waals surface area (Å²) in [5.74, 6) is 1.91. The minimum atomic E-state index is -0.658. The molecule has 0 saturated heterocycles. The third-order valence-electron chi connectivity index (χ3n) is 7.44. The lowest BCUT2D eigenvalue weighted by Gasteiger charge is -2.19. The lowest BCUT2D eigenvalue weighted by molar-refractivity contribution is -0.109. The van der Waals surface area contributed by atoms with E-state index in [2.05, 4.69) is 36.2 Å². The van der Waals surface area contributed by atoms with Gasteiger partial charge in [0.1, 0.15) is 6.29 Å². The highest BCUT2D eigenvalue weighted by molar-refractivity contribution is 5.95. The van der Waals surface area contributed by atoms with E-state index < -0.39 is 6.04 Å². The SMILES string of the molecule is COc1ccc(-c2ccc(-c3nc(-c4ccc(CC(C=O)NC(=O)c5ccc(C(C)(C)C)cc5)cc4)no3)cc2)cc1OC. The van der Waals surface area contributed by atoms with Crippen LogP contribution in [0.1, 0.15) is 42.3 Å². The van der Waals surface area contributed by atoms with E-state index in [1.54, 1.807) is 26.4 Å². The quantitative estimate of drug-likeness (QED) is 0.176. The van der Waals surface area contributed by atoms with E-state index in [0.29, 0.717) is 35.2 Å². The number of nitrogens with zero attached hydrogens (tertiary/aromatic N) is 2. The number of amides is 1. The molecule has 0 bridgehead atoms. The average Bonchev–Trinajstić information content (AvgIpc) is 3.54. The van der Waals surface area contributed by atoms with Crippen LogP contribution in [-0.2, 0) is 16.6 Å². The predicted molar refractivity (Wildman–Crippen MR) is 170 cm³/mol. The smallest absolute Gasteiger partial charge is 0.258 e. The van der Waals surface area contributed by atoms with Gasteiger partial charge in [-0.2, -0.15) is 4.98 Å². The Balaban J connectivity index is 1.22. The van der Waals surface area contributed by atoms with Gasteiger partial charge in [0, 0.05) is 16.7 Å². The van der Waals surface area contributed by atoms with E-state index in [1.807, 2.05) is 78.9 Å². The molecular formula is C36H35N3O5. The van der Waals surface area contributed by atoms with Crippen LogP contribution in [0.4, 0.5) is 0 Å². The van der Waals surface area contributed by atoms with Crippen molar-refractivity contribution in [3.8, 4) is 45.5 Å². The minimum Gasteiger partial charge on any atom is -0.493 e. The first-order valence-corrected chi connectivity index (χ1v) is 14.3. The van der Waals surface area contributed by atoms with Crippen molar-refractivity contribution in [2.24, 2.45) is 0 Å². The summed E-state index contributed by atoms with van der Waals surface area (Å²) in [6, 6.07) is 28.0. The molecule has 1 unspecified atom stereocenters. The zero-order valence-corrected chi connectivity index (χ0v) is 25.5. The van der Waals surface area contributed by atoms with Gasteiger partial charge in [0.05, 0.1) is 20.3 Å². The molecule has 4 aromatic carbocycles. The standard InChI is InChI=1S/C36H35N3O5/c1-36(2,3)29-17-14-26(15-18-29)34(41)37-30(22-40)20-23-6-8-25(9-7-23)33-38-35(44-39-33)27-12-10-24(11-13-27)28-16-19-31(42-4)32(21-28)43-5/h6-19,21-22,30H,20H2,1-5H3,(H,37,41). The molecule has 0 saturated carbocycles. The van der Waals surface area contributed by atoms with Gasteiger partial charge in [-0.15, -0.1) is 0 Å². The van der Waals surface area contributed by atoms with Crippen LogP contribution in [-0.4, -0.2) is 42.6 Å². The molecule has 44 heavy (non-hydrogen) atoms. The molecule has 0 radical (unpaired) electrons. The Morgan fingerprint density at radius 3 is 2.05 bits per heavy atom. The Kier molecular flexibility index (Phi) is 8.90. The fraction of sp³-hybridized carbons (Fsp3) is 0.222. The number of methoxy groups -OCH3 is 2. The number of carbonyl (C=O) groups excluding carboxylic acids is 2. The number of carbonyl (C=O) groups is 2. The Morgan fingerprint density at radius 2 is 1.43 bits per heavy atom. The number of aldehydes is 1. The third kappa shape index (κ3) is 6.86. The maximum atomic E-state index is 12.8. The second-order valence-corrected chi connectivity index (χ2v) is 11.5. The van der Waals surface area contributed by atoms with Gasteiger partial charge in [-0.05, 0) is 70.5 Å². The summed E-state index contributed by atoms with van der Waals surface area (Å²) in [5, 5.41) is 6.98. The topological polar surface area (TPSA) is 104 Å². The van der Waals surface area contributed by atoms with Crippen molar-refractivity contribution < 1.29 is 23.6 Å². The number of rotatable bonds is 10. The summed E-state index contributed by atoms with van der Waals surface area (Å²) in [6.07, 6.45) is 1.12. The number of ether oxygens (including phenoxy) is 2. The van der Waals surface area contributed by atoms with E-state index in [9.17, 15) is 9.59 Å². The van der Waals surface area contributed by atoms with E-state index in [0.717, 1.165) is 39.7 Å². The van der Waals surface area contributed by atoms with E-state index in [4.69, 9.17) is 14.0 Å². The van der Waals surface area contributed by atoms with Gasteiger partial charge >= 0.3 is 0 Å². The molecule has 5 rings (SSSR count). The van der Waals surface area contributed by atoms with Crippen molar-refractivity contribution in [3.63, 3.8) is 0 Å². The van der Waals surface area contributed by atoms with Gasteiger partial charge in [-0.1, -0.05) is 80.5 Å². The van der Waals surface area contributed by atoms with Crippen LogP contribution in [0.5, 0.6) is 11.5 Å². The first-order valence-electron chi connectivity index (χ1n) is 14.3. The van der Waals surface area contributed by atoms with Crippen molar-refractivity contribution in [2.75, 3.05) is 14.2 Å². The fourth-order valence-electron chi connectivity index (χ4n) is 4.83. The van der Waals surface area contributed by atoms with Crippen molar-refractivity contribution in [1.29, 1.82) is 0 Å². The summed E-state index contributed by atoms with van der Waals surface area (Å²) in [4.78, 5) is 29.1. The lowest BCUT2D eigenvalue weighted by atomic mass is 9.86. The van der Waals surface area contributed by atoms with Gasteiger partial charge in [-0.3, -0.25) is 4.79 Å². The van der Waals surface area contributed by atoms with Gasteiger partial charge in [-0.25, -0.2) is 0 Å². The van der Waals surface area contributed by atoms with E-state index in [-0.39, 0.29) is 11.3 Å². The normalized spacial score (nSPS) is 11.9. The Hall–Kier alpha value is -5.24. The maximum Gasteiger partial charge on any atom is 0.258 e. The molecule has 0 aliphatic heterocycles. The predicted octanol–water partition coefficient (Wildman–Crippen LogP) is 6.93. The third-order valence-corrected chi connectivity index (χ3v) is 7.44. The zero-order valence-electron chi connectivity index (χ0n) is 25.5. The molecule has 1 atom stereocenters. The Morgan fingerprint density at radius 1 is 0.818 bits per heavy atom. The number of hydrogen-bond acceptors (Lipinski definition) is 7. The van der Waals surface area contributed by atoms with Crippen molar-refractivity contribution in [3.05, 3.63) is 108 Å². The van der Waals surface area contributed by atoms with Crippen molar-refractivity contribution in [2.45, 2.75) is 38.6 Å². The minimum absolute atomic E-state index is 0.00493. The van der Waals surface area contributed by atoms with Crippen LogP contribution >= 0.6 is 0 Å². The summed E-state index contributed by atoms with van der Waals surface area (Å²) >= 11 is 0. The molecule has 0 aliphatic rings. The molecule has 8 nitrogen and oxygen atoms in total. The van der Waals surface area contributed by atoms with Crippen LogP contribution < -0.4 is 14.8 Å². The molecule has 1 heterocycles. The van der Waals surface area contributed by atoms with Crippen molar-refractivity contribution >= 4 is 12.2 Å². The average molecular weight is 590 g/mol. The maximum absolute atomic E-state index is 12.8. The highest BCUT2D eigenvalue weighted by Crippen LogP contribution is 2.33. The van der Waals surface area contributed by atoms with Crippen LogP contribution in [0, 0.1) is 0 Å². The van der Waals surface area contributed by atoms with Gasteiger partial charge in [0.2, 0.25) is 5.82 Å². The zero-order chi connectivity index (χ0) is 31.3. The lowest BCUT2D eigenvalue weighted by Crippen LogP contribution is -2.37. The monoisotopic (exact) mass is 589 g/mol. The summed E-state index contributed by atoms with van der Waals surface area (Å²) < 4.78 is 16.3. The Labute approximate surface area is 257 Å². The summed E-state index contributed by atoms with van der Waals surface area (Å²) in [7, 11) is 3.22. The molecule has 5 aromatic rings. The highest BCUT2D eigenvalue weighted by atomic mass is 16.5. The van der Waals surface area contributed by atoms with Crippen molar-refractivity contribution in [1.82, 2.24) is 15.5 Å². The molecule has 224 valence electrons. The molecule has 1 amide bonds. The van der Waals surface area contributed by atoms with Gasteiger partial charge < -0.3 is 24.1 Å². The molecule has 1 aromatic heterocycles. The van der Waals surface area contributed by atoms with Gasteiger partial charge in [0.25, 0.3) is 11.8 Å². The molecular weight excluding hydrogens is 554 g/mol. The second kappa shape index (κ2) is 13.0. The van der Waals surface area contributed by atoms with Crippen LogP contribution in [0.15, 0.2) is 95.5 Å². The number of benzene rings is 4. The first-order chi connectivity index (χ1) is 21.2. The number of aromatic nitrogens is 2. The summed E-state index contributed by atoms with van der Waals surface area (Å²) in [6.45, 7) is 6.36. The highest BCUT2D eigenvalue weighted by Gasteiger charge is 2.17. The molecule has 1 N–H and O–H groups in total. The van der Waals surface area contributed by atoms with Crippen LogP contribution in [0.2, 0.25) is 0 Å². The largest absolute Gasteiger partial charge is 0.493 e. The Bertz CT molecular complexity index is 1740. The molecule has 0 aliphatic carbocycles.